The summed E-state index contributed by atoms with van der Waals surface area (Å²) < 4.78 is 12.1. The molecule has 166 valence electrons. The largest absolute Gasteiger partial charge is 0.492 e. The molecule has 2 aliphatic heterocycles. The number of piperidine rings is 1. The highest BCUT2D eigenvalue weighted by Gasteiger charge is 2.41. The van der Waals surface area contributed by atoms with Crippen LogP contribution in [0.5, 0.6) is 5.75 Å². The number of ether oxygens (including phenoxy) is 2. The fourth-order valence-corrected chi connectivity index (χ4v) is 4.87. The van der Waals surface area contributed by atoms with Gasteiger partial charge in [0.15, 0.2) is 0 Å². The second-order valence-electron chi connectivity index (χ2n) is 8.22. The molecule has 1 aromatic heterocycles. The highest BCUT2D eigenvalue weighted by molar-refractivity contribution is 7.09. The Morgan fingerprint density at radius 2 is 2.16 bits per heavy atom. The minimum atomic E-state index is -0.251. The molecule has 7 nitrogen and oxygen atoms in total. The number of likely N-dealkylation sites (tertiary alicyclic amines) is 1. The molecule has 3 heterocycles. The van der Waals surface area contributed by atoms with Crippen molar-refractivity contribution in [1.82, 2.24) is 14.8 Å². The lowest BCUT2D eigenvalue weighted by Crippen LogP contribution is -2.58. The van der Waals surface area contributed by atoms with Crippen LogP contribution in [0.4, 0.5) is 0 Å². The van der Waals surface area contributed by atoms with E-state index in [2.05, 4.69) is 9.88 Å². The van der Waals surface area contributed by atoms with Gasteiger partial charge in [0.1, 0.15) is 24.3 Å². The molecule has 0 atom stereocenters. The number of carbonyl (C=O) groups excluding carboxylic acids is 2. The van der Waals surface area contributed by atoms with Gasteiger partial charge < -0.3 is 19.2 Å². The normalized spacial score (nSPS) is 18.8. The van der Waals surface area contributed by atoms with Gasteiger partial charge in [0.2, 0.25) is 0 Å². The molecule has 1 aromatic carbocycles. The van der Waals surface area contributed by atoms with Crippen LogP contribution in [0.3, 0.4) is 0 Å². The molecule has 2 aromatic rings. The lowest BCUT2D eigenvalue weighted by molar-refractivity contribution is -0.127. The van der Waals surface area contributed by atoms with Crippen LogP contribution in [0.15, 0.2) is 29.6 Å². The SMILES string of the molecule is Cc1nc(C(=O)N2CCOC3(CCN(CCOc4cccc(CC=O)c4)CC3)C2)cs1. The fraction of sp³-hybridized carbons (Fsp3) is 0.522. The third kappa shape index (κ3) is 5.50. The van der Waals surface area contributed by atoms with Gasteiger partial charge in [-0.3, -0.25) is 9.69 Å². The van der Waals surface area contributed by atoms with Crippen LogP contribution >= 0.6 is 11.3 Å². The van der Waals surface area contributed by atoms with E-state index < -0.39 is 0 Å². The number of nitrogens with zero attached hydrogens (tertiary/aromatic N) is 3. The van der Waals surface area contributed by atoms with Crippen molar-refractivity contribution in [3.63, 3.8) is 0 Å². The van der Waals surface area contributed by atoms with Crippen molar-refractivity contribution in [3.8, 4) is 5.75 Å². The molecule has 31 heavy (non-hydrogen) atoms. The first-order valence-electron chi connectivity index (χ1n) is 10.8. The predicted molar refractivity (Wildman–Crippen MR) is 119 cm³/mol. The van der Waals surface area contributed by atoms with E-state index in [0.717, 1.165) is 55.1 Å². The van der Waals surface area contributed by atoms with Crippen molar-refractivity contribution in [3.05, 3.63) is 45.9 Å². The summed E-state index contributed by atoms with van der Waals surface area (Å²) in [5, 5.41) is 2.76. The first-order chi connectivity index (χ1) is 15.1. The standard InChI is InChI=1S/C23H29N3O4S/c1-18-24-21(16-31-18)22(28)26-11-14-30-23(17-26)6-8-25(9-7-23)10-13-29-20-4-2-3-19(15-20)5-12-27/h2-4,12,15-16H,5-11,13-14,17H2,1H3. The molecule has 2 saturated heterocycles. The third-order valence-electron chi connectivity index (χ3n) is 6.03. The maximum atomic E-state index is 12.8. The van der Waals surface area contributed by atoms with Gasteiger partial charge >= 0.3 is 0 Å². The number of aryl methyl sites for hydroxylation is 1. The molecule has 0 radical (unpaired) electrons. The highest BCUT2D eigenvalue weighted by Crippen LogP contribution is 2.31. The zero-order valence-corrected chi connectivity index (χ0v) is 18.7. The van der Waals surface area contributed by atoms with Crippen molar-refractivity contribution in [2.45, 2.75) is 31.8 Å². The molecule has 2 fully saturated rings. The number of carbonyl (C=O) groups is 2. The van der Waals surface area contributed by atoms with Gasteiger partial charge in [-0.25, -0.2) is 4.98 Å². The summed E-state index contributed by atoms with van der Waals surface area (Å²) in [7, 11) is 0. The van der Waals surface area contributed by atoms with Crippen molar-refractivity contribution < 1.29 is 19.1 Å². The monoisotopic (exact) mass is 443 g/mol. The van der Waals surface area contributed by atoms with Crippen molar-refractivity contribution >= 4 is 23.5 Å². The van der Waals surface area contributed by atoms with E-state index in [4.69, 9.17) is 9.47 Å². The van der Waals surface area contributed by atoms with Gasteiger partial charge in [0, 0.05) is 38.0 Å². The molecule has 0 unspecified atom stereocenters. The number of hydrogen-bond acceptors (Lipinski definition) is 7. The summed E-state index contributed by atoms with van der Waals surface area (Å²) >= 11 is 1.51. The number of hydrogen-bond donors (Lipinski definition) is 0. The van der Waals surface area contributed by atoms with Gasteiger partial charge in [0.25, 0.3) is 5.91 Å². The quantitative estimate of drug-likeness (QED) is 0.613. The second kappa shape index (κ2) is 9.89. The van der Waals surface area contributed by atoms with Gasteiger partial charge in [0.05, 0.1) is 23.8 Å². The van der Waals surface area contributed by atoms with Gasteiger partial charge in [-0.15, -0.1) is 11.3 Å². The van der Waals surface area contributed by atoms with E-state index in [1.807, 2.05) is 41.5 Å². The number of aldehydes is 1. The van der Waals surface area contributed by atoms with Crippen molar-refractivity contribution in [2.24, 2.45) is 0 Å². The number of thiazole rings is 1. The van der Waals surface area contributed by atoms with Crippen LogP contribution in [0, 0.1) is 6.92 Å². The highest BCUT2D eigenvalue weighted by atomic mass is 32.1. The zero-order chi connectivity index (χ0) is 21.7. The molecule has 1 amide bonds. The fourth-order valence-electron chi connectivity index (χ4n) is 4.28. The molecule has 0 N–H and O–H groups in total. The van der Waals surface area contributed by atoms with Gasteiger partial charge in [-0.05, 0) is 37.5 Å². The average molecular weight is 444 g/mol. The van der Waals surface area contributed by atoms with E-state index >= 15 is 0 Å². The van der Waals surface area contributed by atoms with Crippen LogP contribution in [-0.4, -0.2) is 78.5 Å². The first kappa shape index (κ1) is 21.9. The minimum Gasteiger partial charge on any atom is -0.492 e. The number of morpholine rings is 1. The van der Waals surface area contributed by atoms with E-state index in [0.29, 0.717) is 38.4 Å². The maximum Gasteiger partial charge on any atom is 0.273 e. The average Bonchev–Trinajstić information content (AvgIpc) is 3.22. The van der Waals surface area contributed by atoms with Crippen LogP contribution < -0.4 is 4.74 Å². The Hall–Kier alpha value is -2.29. The zero-order valence-electron chi connectivity index (χ0n) is 17.9. The molecule has 8 heteroatoms. The topological polar surface area (TPSA) is 72.0 Å². The number of amides is 1. The van der Waals surface area contributed by atoms with Gasteiger partial charge in [-0.2, -0.15) is 0 Å². The van der Waals surface area contributed by atoms with Crippen LogP contribution in [0.2, 0.25) is 0 Å². The Morgan fingerprint density at radius 1 is 1.32 bits per heavy atom. The molecule has 0 aliphatic carbocycles. The number of rotatable bonds is 7. The summed E-state index contributed by atoms with van der Waals surface area (Å²) in [6.45, 7) is 7.05. The first-order valence-corrected chi connectivity index (χ1v) is 11.7. The molecular formula is C23H29N3O4S. The smallest absolute Gasteiger partial charge is 0.273 e. The molecule has 1 spiro atoms. The Labute approximate surface area is 187 Å². The molecule has 0 saturated carbocycles. The predicted octanol–water partition coefficient (Wildman–Crippen LogP) is 2.58. The summed E-state index contributed by atoms with van der Waals surface area (Å²) in [4.78, 5) is 32.1. The number of aromatic nitrogens is 1. The lowest BCUT2D eigenvalue weighted by Gasteiger charge is -2.47. The van der Waals surface area contributed by atoms with Gasteiger partial charge in [-0.1, -0.05) is 12.1 Å². The van der Waals surface area contributed by atoms with Crippen LogP contribution in [-0.2, 0) is 16.0 Å². The van der Waals surface area contributed by atoms with Crippen molar-refractivity contribution in [2.75, 3.05) is 45.9 Å². The molecule has 4 rings (SSSR count). The lowest BCUT2D eigenvalue weighted by atomic mass is 9.89. The molecule has 0 bridgehead atoms. The second-order valence-corrected chi connectivity index (χ2v) is 9.28. The van der Waals surface area contributed by atoms with Crippen LogP contribution in [0.1, 0.15) is 33.9 Å². The summed E-state index contributed by atoms with van der Waals surface area (Å²) in [6, 6.07) is 7.69. The summed E-state index contributed by atoms with van der Waals surface area (Å²) in [5.74, 6) is 0.814. The van der Waals surface area contributed by atoms with E-state index in [9.17, 15) is 9.59 Å². The number of benzene rings is 1. The Balaban J connectivity index is 1.24. The third-order valence-corrected chi connectivity index (χ3v) is 6.81. The van der Waals surface area contributed by atoms with Crippen molar-refractivity contribution in [1.29, 1.82) is 0 Å². The van der Waals surface area contributed by atoms with E-state index in [1.165, 1.54) is 11.3 Å². The molecule has 2 aliphatic rings. The summed E-state index contributed by atoms with van der Waals surface area (Å²) in [5.41, 5.74) is 1.26. The van der Waals surface area contributed by atoms with E-state index in [-0.39, 0.29) is 11.5 Å². The Bertz CT molecular complexity index is 908. The molecular weight excluding hydrogens is 414 g/mol. The Morgan fingerprint density at radius 3 is 2.90 bits per heavy atom. The summed E-state index contributed by atoms with van der Waals surface area (Å²) in [6.07, 6.45) is 3.12. The van der Waals surface area contributed by atoms with Crippen LogP contribution in [0.25, 0.3) is 0 Å². The minimum absolute atomic E-state index is 0.0136. The maximum absolute atomic E-state index is 12.8. The Kier molecular flexibility index (Phi) is 6.99. The van der Waals surface area contributed by atoms with E-state index in [1.54, 1.807) is 0 Å².